The van der Waals surface area contributed by atoms with Gasteiger partial charge in [0, 0.05) is 12.4 Å². The van der Waals surface area contributed by atoms with E-state index in [4.69, 9.17) is 9.05 Å². The Labute approximate surface area is 79.8 Å². The van der Waals surface area contributed by atoms with Gasteiger partial charge in [0.25, 0.3) is 0 Å². The molecule has 0 radical (unpaired) electrons. The summed E-state index contributed by atoms with van der Waals surface area (Å²) in [6, 6.07) is 0. The Morgan fingerprint density at radius 3 is 2.23 bits per heavy atom. The van der Waals surface area contributed by atoms with Gasteiger partial charge in [0.15, 0.2) is 0 Å². The summed E-state index contributed by atoms with van der Waals surface area (Å²) in [6.07, 6.45) is 1.74. The Bertz CT molecular complexity index is 184. The summed E-state index contributed by atoms with van der Waals surface area (Å²) < 4.78 is 21.8. The zero-order chi connectivity index (χ0) is 10.2. The van der Waals surface area contributed by atoms with Gasteiger partial charge in [-0.3, -0.25) is 4.57 Å². The molecule has 0 aromatic rings. The minimum absolute atomic E-state index is 0.390. The number of rotatable bonds is 7. The van der Waals surface area contributed by atoms with Crippen molar-refractivity contribution in [3.63, 3.8) is 0 Å². The fraction of sp³-hybridized carbons (Fsp3) is 0.750. The zero-order valence-electron chi connectivity index (χ0n) is 8.45. The maximum absolute atomic E-state index is 11.7. The fourth-order valence-corrected chi connectivity index (χ4v) is 2.11. The molecule has 0 bridgehead atoms. The van der Waals surface area contributed by atoms with Crippen molar-refractivity contribution in [3.05, 3.63) is 11.9 Å². The average molecular weight is 207 g/mol. The van der Waals surface area contributed by atoms with Crippen LogP contribution < -0.4 is 5.32 Å². The Hall–Kier alpha value is -0.150. The Balaban J connectivity index is 4.14. The van der Waals surface area contributed by atoms with Gasteiger partial charge in [0.05, 0.1) is 13.2 Å². The number of nitrogens with one attached hydrogen (secondary N) is 1. The standard InChI is InChI=1S/C8H18NO3P/c1-4-11-13(10,12-5-2)8-6-7-9-3/h6,8-9H,4-5,7H2,1-3H3/b8-6+. The van der Waals surface area contributed by atoms with Crippen LogP contribution in [0.25, 0.3) is 0 Å². The van der Waals surface area contributed by atoms with Crippen molar-refractivity contribution in [2.75, 3.05) is 26.8 Å². The first-order chi connectivity index (χ1) is 6.18. The number of hydrogen-bond acceptors (Lipinski definition) is 4. The van der Waals surface area contributed by atoms with Crippen LogP contribution in [-0.2, 0) is 13.6 Å². The molecule has 0 aromatic heterocycles. The van der Waals surface area contributed by atoms with E-state index in [0.29, 0.717) is 19.8 Å². The average Bonchev–Trinajstić information content (AvgIpc) is 2.05. The van der Waals surface area contributed by atoms with E-state index in [-0.39, 0.29) is 0 Å². The molecule has 0 aliphatic carbocycles. The lowest BCUT2D eigenvalue weighted by Gasteiger charge is -2.12. The minimum atomic E-state index is -2.97. The number of likely N-dealkylation sites (N-methyl/N-ethyl adjacent to an activating group) is 1. The van der Waals surface area contributed by atoms with Crippen molar-refractivity contribution in [2.45, 2.75) is 13.8 Å². The summed E-state index contributed by atoms with van der Waals surface area (Å²) in [5.74, 6) is 1.50. The fourth-order valence-electron chi connectivity index (χ4n) is 0.783. The van der Waals surface area contributed by atoms with Crippen LogP contribution in [0.4, 0.5) is 0 Å². The first kappa shape index (κ1) is 12.8. The van der Waals surface area contributed by atoms with Crippen molar-refractivity contribution in [3.8, 4) is 0 Å². The Morgan fingerprint density at radius 2 is 1.85 bits per heavy atom. The van der Waals surface area contributed by atoms with Crippen molar-refractivity contribution in [1.29, 1.82) is 0 Å². The predicted molar refractivity (Wildman–Crippen MR) is 53.9 cm³/mol. The second kappa shape index (κ2) is 7.27. The highest BCUT2D eigenvalue weighted by atomic mass is 31.2. The lowest BCUT2D eigenvalue weighted by Crippen LogP contribution is -2.04. The third-order valence-corrected chi connectivity index (χ3v) is 3.04. The van der Waals surface area contributed by atoms with E-state index in [0.717, 1.165) is 0 Å². The van der Waals surface area contributed by atoms with Gasteiger partial charge in [-0.2, -0.15) is 0 Å². The molecule has 5 heteroatoms. The molecule has 0 unspecified atom stereocenters. The third kappa shape index (κ3) is 5.99. The first-order valence-corrected chi connectivity index (χ1v) is 6.00. The minimum Gasteiger partial charge on any atom is -0.316 e. The van der Waals surface area contributed by atoms with Crippen molar-refractivity contribution < 1.29 is 13.6 Å². The van der Waals surface area contributed by atoms with E-state index >= 15 is 0 Å². The van der Waals surface area contributed by atoms with E-state index in [9.17, 15) is 4.57 Å². The molecule has 0 aromatic carbocycles. The first-order valence-electron chi connectivity index (χ1n) is 4.39. The van der Waals surface area contributed by atoms with E-state index < -0.39 is 7.60 Å². The number of hydrogen-bond donors (Lipinski definition) is 1. The Morgan fingerprint density at radius 1 is 1.31 bits per heavy atom. The second-order valence-corrected chi connectivity index (χ2v) is 4.21. The van der Waals surface area contributed by atoms with E-state index in [2.05, 4.69) is 5.32 Å². The van der Waals surface area contributed by atoms with Crippen molar-refractivity contribution >= 4 is 7.60 Å². The molecule has 13 heavy (non-hydrogen) atoms. The summed E-state index contributed by atoms with van der Waals surface area (Å²) in [5, 5.41) is 2.91. The van der Waals surface area contributed by atoms with Gasteiger partial charge in [0.2, 0.25) is 0 Å². The Kier molecular flexibility index (Phi) is 7.19. The van der Waals surface area contributed by atoms with Gasteiger partial charge in [-0.05, 0) is 20.9 Å². The maximum atomic E-state index is 11.7. The van der Waals surface area contributed by atoms with Gasteiger partial charge in [0.1, 0.15) is 0 Å². The molecule has 0 aliphatic heterocycles. The highest BCUT2D eigenvalue weighted by Crippen LogP contribution is 2.49. The molecule has 0 saturated heterocycles. The SMILES string of the molecule is CCOP(=O)(/C=C/CNC)OCC. The molecule has 4 nitrogen and oxygen atoms in total. The van der Waals surface area contributed by atoms with E-state index in [1.54, 1.807) is 19.9 Å². The van der Waals surface area contributed by atoms with Crippen LogP contribution in [0.1, 0.15) is 13.8 Å². The zero-order valence-corrected chi connectivity index (χ0v) is 9.34. The van der Waals surface area contributed by atoms with Gasteiger partial charge >= 0.3 is 7.60 Å². The van der Waals surface area contributed by atoms with Crippen LogP contribution in [0.15, 0.2) is 11.9 Å². The molecule has 0 aliphatic rings. The van der Waals surface area contributed by atoms with Crippen molar-refractivity contribution in [2.24, 2.45) is 0 Å². The molecule has 0 heterocycles. The summed E-state index contributed by atoms with van der Waals surface area (Å²) >= 11 is 0. The highest BCUT2D eigenvalue weighted by molar-refractivity contribution is 7.57. The molecule has 1 N–H and O–H groups in total. The van der Waals surface area contributed by atoms with Crippen LogP contribution in [0.2, 0.25) is 0 Å². The van der Waals surface area contributed by atoms with Gasteiger partial charge in [-0.15, -0.1) is 0 Å². The third-order valence-electron chi connectivity index (χ3n) is 1.23. The van der Waals surface area contributed by atoms with Gasteiger partial charge in [-0.1, -0.05) is 6.08 Å². The smallest absolute Gasteiger partial charge is 0.316 e. The summed E-state index contributed by atoms with van der Waals surface area (Å²) in [4.78, 5) is 0. The summed E-state index contributed by atoms with van der Waals surface area (Å²) in [7, 11) is -1.15. The maximum Gasteiger partial charge on any atom is 0.353 e. The van der Waals surface area contributed by atoms with Crippen LogP contribution in [0, 0.1) is 0 Å². The summed E-state index contributed by atoms with van der Waals surface area (Å²) in [6.45, 7) is 5.02. The topological polar surface area (TPSA) is 47.6 Å². The molecule has 0 amide bonds. The molecule has 78 valence electrons. The van der Waals surface area contributed by atoms with Crippen LogP contribution >= 0.6 is 7.60 Å². The molecule has 0 saturated carbocycles. The van der Waals surface area contributed by atoms with Crippen LogP contribution in [0.3, 0.4) is 0 Å². The quantitative estimate of drug-likeness (QED) is 0.648. The molecule has 0 rings (SSSR count). The summed E-state index contributed by atoms with van der Waals surface area (Å²) in [5.41, 5.74) is 0. The largest absolute Gasteiger partial charge is 0.353 e. The van der Waals surface area contributed by atoms with Crippen LogP contribution in [-0.4, -0.2) is 26.8 Å². The van der Waals surface area contributed by atoms with Crippen LogP contribution in [0.5, 0.6) is 0 Å². The predicted octanol–water partition coefficient (Wildman–Crippen LogP) is 1.99. The molecule has 0 atom stereocenters. The lowest BCUT2D eigenvalue weighted by molar-refractivity contribution is 0.229. The normalized spacial score (nSPS) is 12.5. The van der Waals surface area contributed by atoms with Crippen molar-refractivity contribution in [1.82, 2.24) is 5.32 Å². The second-order valence-electron chi connectivity index (χ2n) is 2.32. The highest BCUT2D eigenvalue weighted by Gasteiger charge is 2.18. The molecule has 0 fully saturated rings. The van der Waals surface area contributed by atoms with Gasteiger partial charge in [-0.25, -0.2) is 0 Å². The monoisotopic (exact) mass is 207 g/mol. The molecular formula is C8H18NO3P. The molecule has 0 spiro atoms. The van der Waals surface area contributed by atoms with E-state index in [1.165, 1.54) is 5.82 Å². The van der Waals surface area contributed by atoms with E-state index in [1.807, 2.05) is 7.05 Å². The molecular weight excluding hydrogens is 189 g/mol. The van der Waals surface area contributed by atoms with Gasteiger partial charge < -0.3 is 14.4 Å². The lowest BCUT2D eigenvalue weighted by atomic mass is 10.6.